The third-order valence-corrected chi connectivity index (χ3v) is 3.65. The molecule has 0 unspecified atom stereocenters. The lowest BCUT2D eigenvalue weighted by atomic mass is 9.86. The zero-order valence-corrected chi connectivity index (χ0v) is 11.2. The Kier molecular flexibility index (Phi) is 4.19. The van der Waals surface area contributed by atoms with Gasteiger partial charge in [-0.25, -0.2) is 0 Å². The minimum atomic E-state index is 0.188. The number of para-hydroxylation sites is 1. The van der Waals surface area contributed by atoms with Crippen molar-refractivity contribution in [2.45, 2.75) is 39.5 Å². The second-order valence-electron chi connectivity index (χ2n) is 4.98. The van der Waals surface area contributed by atoms with Crippen LogP contribution >= 0.6 is 0 Å². The number of benzene rings is 1. The molecule has 0 spiro atoms. The van der Waals surface area contributed by atoms with Gasteiger partial charge in [-0.05, 0) is 37.3 Å². The van der Waals surface area contributed by atoms with E-state index in [0.717, 1.165) is 36.9 Å². The van der Waals surface area contributed by atoms with E-state index in [1.165, 1.54) is 5.56 Å². The summed E-state index contributed by atoms with van der Waals surface area (Å²) in [5.74, 6) is 0.496. The predicted octanol–water partition coefficient (Wildman–Crippen LogP) is 3.93. The molecular weight excluding hydrogens is 222 g/mol. The van der Waals surface area contributed by atoms with Gasteiger partial charge in [0, 0.05) is 23.4 Å². The molecule has 2 nitrogen and oxygen atoms in total. The summed E-state index contributed by atoms with van der Waals surface area (Å²) < 4.78 is 0. The van der Waals surface area contributed by atoms with E-state index in [2.05, 4.69) is 24.4 Å². The van der Waals surface area contributed by atoms with Crippen LogP contribution in [0.2, 0.25) is 0 Å². The number of aryl methyl sites for hydroxylation is 1. The smallest absolute Gasteiger partial charge is 0.163 e. The van der Waals surface area contributed by atoms with Crippen molar-refractivity contribution in [2.75, 3.05) is 5.32 Å². The minimum Gasteiger partial charge on any atom is -0.361 e. The number of Topliss-reactive ketones (excluding diaryl/α,β-unsaturated/α-hetero) is 1. The standard InChI is InChI=1S/C16H21NO/c1-3-13-8-4-5-10-15(13)17-11-14-9-6-7-12(2)16(14)18/h4-5,8,10-12,17H,3,6-7,9H2,1-2H3/b14-11-/t12-/m0/s1. The molecule has 0 radical (unpaired) electrons. The summed E-state index contributed by atoms with van der Waals surface area (Å²) in [7, 11) is 0. The molecule has 1 aromatic carbocycles. The summed E-state index contributed by atoms with van der Waals surface area (Å²) in [4.78, 5) is 12.0. The van der Waals surface area contributed by atoms with E-state index in [1.807, 2.05) is 25.3 Å². The Morgan fingerprint density at radius 2 is 2.17 bits per heavy atom. The molecule has 1 aliphatic rings. The molecule has 0 aromatic heterocycles. The number of ketones is 1. The highest BCUT2D eigenvalue weighted by Gasteiger charge is 2.22. The molecule has 0 bridgehead atoms. The molecule has 0 amide bonds. The van der Waals surface area contributed by atoms with Gasteiger partial charge < -0.3 is 5.32 Å². The molecule has 18 heavy (non-hydrogen) atoms. The van der Waals surface area contributed by atoms with E-state index in [-0.39, 0.29) is 5.92 Å². The maximum absolute atomic E-state index is 12.0. The highest BCUT2D eigenvalue weighted by atomic mass is 16.1. The van der Waals surface area contributed by atoms with E-state index in [9.17, 15) is 4.79 Å². The van der Waals surface area contributed by atoms with Crippen molar-refractivity contribution in [1.82, 2.24) is 0 Å². The molecule has 0 aliphatic heterocycles. The maximum atomic E-state index is 12.0. The van der Waals surface area contributed by atoms with E-state index in [0.29, 0.717) is 5.78 Å². The number of carbonyl (C=O) groups excluding carboxylic acids is 1. The number of hydrogen-bond acceptors (Lipinski definition) is 2. The quantitative estimate of drug-likeness (QED) is 0.815. The van der Waals surface area contributed by atoms with Crippen molar-refractivity contribution in [2.24, 2.45) is 5.92 Å². The molecule has 1 N–H and O–H groups in total. The van der Waals surface area contributed by atoms with Crippen LogP contribution in [0.15, 0.2) is 36.0 Å². The second-order valence-corrected chi connectivity index (χ2v) is 4.98. The van der Waals surface area contributed by atoms with Gasteiger partial charge in [-0.2, -0.15) is 0 Å². The van der Waals surface area contributed by atoms with Gasteiger partial charge in [-0.1, -0.05) is 32.0 Å². The Morgan fingerprint density at radius 1 is 1.39 bits per heavy atom. The monoisotopic (exact) mass is 243 g/mol. The number of rotatable bonds is 3. The normalized spacial score (nSPS) is 22.2. The molecule has 2 rings (SSSR count). The van der Waals surface area contributed by atoms with Gasteiger partial charge in [0.2, 0.25) is 0 Å². The van der Waals surface area contributed by atoms with Gasteiger partial charge in [0.25, 0.3) is 0 Å². The van der Waals surface area contributed by atoms with Gasteiger partial charge in [0.05, 0.1) is 0 Å². The van der Waals surface area contributed by atoms with Gasteiger partial charge >= 0.3 is 0 Å². The van der Waals surface area contributed by atoms with Gasteiger partial charge in [-0.3, -0.25) is 4.79 Å². The maximum Gasteiger partial charge on any atom is 0.163 e. The van der Waals surface area contributed by atoms with Crippen LogP contribution in [0.3, 0.4) is 0 Å². The Morgan fingerprint density at radius 3 is 2.94 bits per heavy atom. The molecule has 0 saturated heterocycles. The number of hydrogen-bond donors (Lipinski definition) is 1. The highest BCUT2D eigenvalue weighted by molar-refractivity contribution is 5.97. The SMILES string of the molecule is CCc1ccccc1N/C=C1/CCC[C@H](C)C1=O. The highest BCUT2D eigenvalue weighted by Crippen LogP contribution is 2.25. The molecule has 1 aliphatic carbocycles. The van der Waals surface area contributed by atoms with Crippen LogP contribution in [-0.2, 0) is 11.2 Å². The summed E-state index contributed by atoms with van der Waals surface area (Å²) >= 11 is 0. The molecule has 1 aromatic rings. The fourth-order valence-electron chi connectivity index (χ4n) is 2.45. The fourth-order valence-corrected chi connectivity index (χ4v) is 2.45. The van der Waals surface area contributed by atoms with Crippen molar-refractivity contribution in [3.63, 3.8) is 0 Å². The van der Waals surface area contributed by atoms with Crippen LogP contribution in [0, 0.1) is 5.92 Å². The lowest BCUT2D eigenvalue weighted by Crippen LogP contribution is -2.19. The minimum absolute atomic E-state index is 0.188. The molecule has 0 heterocycles. The van der Waals surface area contributed by atoms with Crippen LogP contribution in [-0.4, -0.2) is 5.78 Å². The van der Waals surface area contributed by atoms with E-state index in [1.54, 1.807) is 0 Å². The molecular formula is C16H21NO. The average Bonchev–Trinajstić information content (AvgIpc) is 2.41. The summed E-state index contributed by atoms with van der Waals surface area (Å²) in [6.07, 6.45) is 5.96. The number of anilines is 1. The van der Waals surface area contributed by atoms with Crippen molar-refractivity contribution >= 4 is 11.5 Å². The molecule has 96 valence electrons. The Bertz CT molecular complexity index is 462. The topological polar surface area (TPSA) is 29.1 Å². The summed E-state index contributed by atoms with van der Waals surface area (Å²) in [6.45, 7) is 4.16. The summed E-state index contributed by atoms with van der Waals surface area (Å²) in [5, 5.41) is 3.30. The fraction of sp³-hybridized carbons (Fsp3) is 0.438. The van der Waals surface area contributed by atoms with E-state index in [4.69, 9.17) is 0 Å². The molecule has 1 atom stereocenters. The first kappa shape index (κ1) is 12.9. The Labute approximate surface area is 109 Å². The molecule has 2 heteroatoms. The van der Waals surface area contributed by atoms with Gasteiger partial charge in [-0.15, -0.1) is 0 Å². The van der Waals surface area contributed by atoms with Crippen molar-refractivity contribution < 1.29 is 4.79 Å². The van der Waals surface area contributed by atoms with Crippen LogP contribution in [0.1, 0.15) is 38.7 Å². The van der Waals surface area contributed by atoms with Gasteiger partial charge in [0.1, 0.15) is 0 Å². The second kappa shape index (κ2) is 5.85. The lowest BCUT2D eigenvalue weighted by Gasteiger charge is -2.19. The summed E-state index contributed by atoms with van der Waals surface area (Å²) in [6, 6.07) is 8.25. The van der Waals surface area contributed by atoms with Crippen molar-refractivity contribution in [3.05, 3.63) is 41.6 Å². The number of carbonyl (C=O) groups is 1. The molecule has 1 fully saturated rings. The third kappa shape index (κ3) is 2.81. The zero-order chi connectivity index (χ0) is 13.0. The van der Waals surface area contributed by atoms with Crippen molar-refractivity contribution in [3.8, 4) is 0 Å². The largest absolute Gasteiger partial charge is 0.361 e. The third-order valence-electron chi connectivity index (χ3n) is 3.65. The Hall–Kier alpha value is -1.57. The van der Waals surface area contributed by atoms with Crippen molar-refractivity contribution in [1.29, 1.82) is 0 Å². The molecule has 1 saturated carbocycles. The zero-order valence-electron chi connectivity index (χ0n) is 11.2. The van der Waals surface area contributed by atoms with Crippen LogP contribution in [0.5, 0.6) is 0 Å². The van der Waals surface area contributed by atoms with Crippen LogP contribution in [0.4, 0.5) is 5.69 Å². The Balaban J connectivity index is 2.12. The summed E-state index contributed by atoms with van der Waals surface area (Å²) in [5.41, 5.74) is 3.34. The number of nitrogens with one attached hydrogen (secondary N) is 1. The first-order chi connectivity index (χ1) is 8.72. The van der Waals surface area contributed by atoms with Crippen LogP contribution in [0.25, 0.3) is 0 Å². The van der Waals surface area contributed by atoms with Gasteiger partial charge in [0.15, 0.2) is 5.78 Å². The number of allylic oxidation sites excluding steroid dienone is 1. The predicted molar refractivity (Wildman–Crippen MR) is 75.5 cm³/mol. The first-order valence-corrected chi connectivity index (χ1v) is 6.80. The van der Waals surface area contributed by atoms with E-state index >= 15 is 0 Å². The first-order valence-electron chi connectivity index (χ1n) is 6.80. The van der Waals surface area contributed by atoms with E-state index < -0.39 is 0 Å². The average molecular weight is 243 g/mol. The van der Waals surface area contributed by atoms with Crippen LogP contribution < -0.4 is 5.32 Å². The lowest BCUT2D eigenvalue weighted by molar-refractivity contribution is -0.119.